The largest absolute Gasteiger partial charge is 0.383 e. The maximum Gasteiger partial charge on any atom is 0.147 e. The quantitative estimate of drug-likeness (QED) is 0.788. The molecule has 0 saturated heterocycles. The van der Waals surface area contributed by atoms with E-state index in [1.807, 2.05) is 19.4 Å². The van der Waals surface area contributed by atoms with Crippen molar-refractivity contribution >= 4 is 5.82 Å². The Kier molecular flexibility index (Phi) is 4.49. The highest BCUT2D eigenvalue weighted by atomic mass is 16.5. The van der Waals surface area contributed by atoms with Gasteiger partial charge in [0.15, 0.2) is 0 Å². The highest BCUT2D eigenvalue weighted by Crippen LogP contribution is 2.19. The lowest BCUT2D eigenvalue weighted by atomic mass is 10.3. The molecule has 18 heavy (non-hydrogen) atoms. The summed E-state index contributed by atoms with van der Waals surface area (Å²) < 4.78 is 5.14. The molecule has 5 nitrogen and oxygen atoms in total. The third-order valence-electron chi connectivity index (χ3n) is 3.27. The maximum absolute atomic E-state index is 5.14. The molecule has 1 atom stereocenters. The van der Waals surface area contributed by atoms with E-state index in [2.05, 4.69) is 27.1 Å². The minimum Gasteiger partial charge on any atom is -0.383 e. The van der Waals surface area contributed by atoms with Crippen LogP contribution in [0.4, 0.5) is 5.82 Å². The monoisotopic (exact) mass is 250 g/mol. The van der Waals surface area contributed by atoms with Crippen LogP contribution >= 0.6 is 0 Å². The second-order valence-corrected chi connectivity index (χ2v) is 4.94. The van der Waals surface area contributed by atoms with Crippen LogP contribution in [-0.2, 0) is 11.3 Å². The van der Waals surface area contributed by atoms with E-state index in [4.69, 9.17) is 4.74 Å². The third-order valence-corrected chi connectivity index (χ3v) is 3.27. The molecule has 1 heterocycles. The first-order chi connectivity index (χ1) is 8.70. The van der Waals surface area contributed by atoms with Crippen molar-refractivity contribution in [1.29, 1.82) is 0 Å². The van der Waals surface area contributed by atoms with Gasteiger partial charge in [0.1, 0.15) is 5.82 Å². The van der Waals surface area contributed by atoms with Gasteiger partial charge in [-0.15, -0.1) is 0 Å². The minimum absolute atomic E-state index is 0.291. The lowest BCUT2D eigenvalue weighted by molar-refractivity contribution is 0.183. The summed E-state index contributed by atoms with van der Waals surface area (Å²) in [5.41, 5.74) is 0.999. The van der Waals surface area contributed by atoms with E-state index in [0.717, 1.165) is 18.1 Å². The van der Waals surface area contributed by atoms with Crippen LogP contribution < -0.4 is 10.2 Å². The van der Waals surface area contributed by atoms with Crippen molar-refractivity contribution in [3.8, 4) is 0 Å². The number of hydrogen-bond donors (Lipinski definition) is 1. The van der Waals surface area contributed by atoms with Gasteiger partial charge in [0.25, 0.3) is 0 Å². The average Bonchev–Trinajstić information content (AvgIpc) is 3.20. The third kappa shape index (κ3) is 3.65. The molecule has 1 aliphatic rings. The van der Waals surface area contributed by atoms with Crippen molar-refractivity contribution in [2.75, 3.05) is 25.7 Å². The van der Waals surface area contributed by atoms with Crippen LogP contribution in [0.3, 0.4) is 0 Å². The molecule has 5 heteroatoms. The molecule has 2 rings (SSSR count). The Morgan fingerprint density at radius 1 is 1.44 bits per heavy atom. The van der Waals surface area contributed by atoms with Crippen molar-refractivity contribution in [1.82, 2.24) is 15.3 Å². The summed E-state index contributed by atoms with van der Waals surface area (Å²) in [6.45, 7) is 3.60. The molecule has 100 valence electrons. The Balaban J connectivity index is 1.88. The fourth-order valence-electron chi connectivity index (χ4n) is 1.74. The molecule has 0 aromatic carbocycles. The van der Waals surface area contributed by atoms with Crippen LogP contribution in [0.25, 0.3) is 0 Å². The first kappa shape index (κ1) is 13.2. The Labute approximate surface area is 109 Å². The van der Waals surface area contributed by atoms with Crippen LogP contribution in [0.15, 0.2) is 12.4 Å². The number of anilines is 1. The first-order valence-electron chi connectivity index (χ1n) is 6.46. The van der Waals surface area contributed by atoms with Gasteiger partial charge in [-0.25, -0.2) is 4.98 Å². The van der Waals surface area contributed by atoms with Crippen molar-refractivity contribution < 1.29 is 4.74 Å². The van der Waals surface area contributed by atoms with Gasteiger partial charge < -0.3 is 15.0 Å². The predicted molar refractivity (Wildman–Crippen MR) is 71.6 cm³/mol. The SMILES string of the molecule is COCC(C)N(C)c1cnc(CNC2CC2)cn1. The molecule has 0 radical (unpaired) electrons. The van der Waals surface area contributed by atoms with Gasteiger partial charge in [-0.1, -0.05) is 0 Å². The summed E-state index contributed by atoms with van der Waals surface area (Å²) in [6, 6.07) is 0.996. The summed E-state index contributed by atoms with van der Waals surface area (Å²) in [5, 5.41) is 3.43. The van der Waals surface area contributed by atoms with E-state index in [0.29, 0.717) is 18.7 Å². The molecule has 0 amide bonds. The van der Waals surface area contributed by atoms with Gasteiger partial charge in [0, 0.05) is 26.7 Å². The van der Waals surface area contributed by atoms with Crippen LogP contribution in [0, 0.1) is 0 Å². The number of nitrogens with zero attached hydrogens (tertiary/aromatic N) is 3. The zero-order valence-corrected chi connectivity index (χ0v) is 11.4. The Morgan fingerprint density at radius 3 is 2.78 bits per heavy atom. The van der Waals surface area contributed by atoms with E-state index < -0.39 is 0 Å². The van der Waals surface area contributed by atoms with Crippen LogP contribution in [-0.4, -0.2) is 42.8 Å². The van der Waals surface area contributed by atoms with Gasteiger partial charge in [0.2, 0.25) is 0 Å². The van der Waals surface area contributed by atoms with Gasteiger partial charge >= 0.3 is 0 Å². The van der Waals surface area contributed by atoms with Gasteiger partial charge in [0.05, 0.1) is 30.7 Å². The van der Waals surface area contributed by atoms with E-state index in [-0.39, 0.29) is 0 Å². The Bertz CT molecular complexity index is 364. The minimum atomic E-state index is 0.291. The lowest BCUT2D eigenvalue weighted by Gasteiger charge is -2.24. The van der Waals surface area contributed by atoms with E-state index in [1.165, 1.54) is 12.8 Å². The maximum atomic E-state index is 5.14. The molecular formula is C13H22N4O. The summed E-state index contributed by atoms with van der Waals surface area (Å²) in [5.74, 6) is 0.884. The van der Waals surface area contributed by atoms with E-state index in [1.54, 1.807) is 7.11 Å². The Morgan fingerprint density at radius 2 is 2.22 bits per heavy atom. The van der Waals surface area contributed by atoms with Gasteiger partial charge in [-0.3, -0.25) is 4.98 Å². The topological polar surface area (TPSA) is 50.3 Å². The molecule has 1 aromatic rings. The molecule has 1 saturated carbocycles. The number of ether oxygens (including phenoxy) is 1. The number of hydrogen-bond acceptors (Lipinski definition) is 5. The van der Waals surface area contributed by atoms with E-state index >= 15 is 0 Å². The standard InChI is InChI=1S/C13H22N4O/c1-10(9-18-3)17(2)13-8-15-12(7-16-13)6-14-11-4-5-11/h7-8,10-11,14H,4-6,9H2,1-3H3. The fourth-order valence-corrected chi connectivity index (χ4v) is 1.74. The number of rotatable bonds is 7. The summed E-state index contributed by atoms with van der Waals surface area (Å²) in [7, 11) is 3.72. The zero-order valence-electron chi connectivity index (χ0n) is 11.4. The molecular weight excluding hydrogens is 228 g/mol. The first-order valence-corrected chi connectivity index (χ1v) is 6.46. The fraction of sp³-hybridized carbons (Fsp3) is 0.692. The molecule has 1 aromatic heterocycles. The van der Waals surface area contributed by atoms with Crippen LogP contribution in [0.1, 0.15) is 25.5 Å². The zero-order chi connectivity index (χ0) is 13.0. The highest BCUT2D eigenvalue weighted by molar-refractivity contribution is 5.35. The normalized spacial score (nSPS) is 16.6. The molecule has 1 unspecified atom stereocenters. The predicted octanol–water partition coefficient (Wildman–Crippen LogP) is 1.20. The van der Waals surface area contributed by atoms with E-state index in [9.17, 15) is 0 Å². The van der Waals surface area contributed by atoms with Crippen molar-refractivity contribution in [3.63, 3.8) is 0 Å². The summed E-state index contributed by atoms with van der Waals surface area (Å²) >= 11 is 0. The van der Waals surface area contributed by atoms with Crippen molar-refractivity contribution in [2.24, 2.45) is 0 Å². The number of aromatic nitrogens is 2. The van der Waals surface area contributed by atoms with Crippen LogP contribution in [0.2, 0.25) is 0 Å². The van der Waals surface area contributed by atoms with Gasteiger partial charge in [-0.05, 0) is 19.8 Å². The summed E-state index contributed by atoms with van der Waals surface area (Å²) in [6.07, 6.45) is 6.27. The second-order valence-electron chi connectivity index (χ2n) is 4.94. The summed E-state index contributed by atoms with van der Waals surface area (Å²) in [4.78, 5) is 11.0. The average molecular weight is 250 g/mol. The molecule has 1 fully saturated rings. The molecule has 0 aliphatic heterocycles. The van der Waals surface area contributed by atoms with Gasteiger partial charge in [-0.2, -0.15) is 0 Å². The van der Waals surface area contributed by atoms with Crippen LogP contribution in [0.5, 0.6) is 0 Å². The molecule has 1 aliphatic carbocycles. The number of likely N-dealkylation sites (N-methyl/N-ethyl adjacent to an activating group) is 1. The van der Waals surface area contributed by atoms with Crippen molar-refractivity contribution in [3.05, 3.63) is 18.1 Å². The molecule has 1 N–H and O–H groups in total. The highest BCUT2D eigenvalue weighted by Gasteiger charge is 2.20. The van der Waals surface area contributed by atoms with Crippen molar-refractivity contribution in [2.45, 2.75) is 38.4 Å². The number of methoxy groups -OCH3 is 1. The number of nitrogens with one attached hydrogen (secondary N) is 1. The smallest absolute Gasteiger partial charge is 0.147 e. The Hall–Kier alpha value is -1.20. The molecule has 0 spiro atoms. The molecule has 0 bridgehead atoms. The second kappa shape index (κ2) is 6.11. The lowest BCUT2D eigenvalue weighted by Crippen LogP contribution is -2.33.